The Hall–Kier alpha value is -1.48. The van der Waals surface area contributed by atoms with Crippen molar-refractivity contribution in [2.75, 3.05) is 6.54 Å². The van der Waals surface area contributed by atoms with Crippen LogP contribution in [0.25, 0.3) is 0 Å². The van der Waals surface area contributed by atoms with E-state index in [1.807, 2.05) is 0 Å². The topological polar surface area (TPSA) is 60.2 Å². The molecule has 2 aliphatic rings. The highest BCUT2D eigenvalue weighted by Crippen LogP contribution is 2.46. The fourth-order valence-corrected chi connectivity index (χ4v) is 5.64. The Morgan fingerprint density at radius 1 is 1.21 bits per heavy atom. The molecule has 28 heavy (non-hydrogen) atoms. The first kappa shape index (κ1) is 21.2. The van der Waals surface area contributed by atoms with Gasteiger partial charge in [-0.25, -0.2) is 0 Å². The number of ketones is 2. The number of benzene rings is 1. The van der Waals surface area contributed by atoms with Crippen LogP contribution in [0.1, 0.15) is 88.3 Å². The molecule has 2 N–H and O–H groups in total. The lowest BCUT2D eigenvalue weighted by molar-refractivity contribution is -0.134. The Morgan fingerprint density at radius 3 is 2.61 bits per heavy atom. The van der Waals surface area contributed by atoms with Crippen molar-refractivity contribution in [1.29, 1.82) is 0 Å². The molecule has 0 radical (unpaired) electrons. The van der Waals surface area contributed by atoms with Gasteiger partial charge in [0.1, 0.15) is 5.92 Å². The van der Waals surface area contributed by atoms with Crippen molar-refractivity contribution in [1.82, 2.24) is 0 Å². The predicted molar refractivity (Wildman–Crippen MR) is 114 cm³/mol. The molecule has 0 saturated heterocycles. The van der Waals surface area contributed by atoms with E-state index in [4.69, 9.17) is 5.73 Å². The van der Waals surface area contributed by atoms with Gasteiger partial charge < -0.3 is 5.73 Å². The minimum atomic E-state index is -0.571. The van der Waals surface area contributed by atoms with Gasteiger partial charge in [0.2, 0.25) is 0 Å². The zero-order chi connectivity index (χ0) is 20.4. The van der Waals surface area contributed by atoms with Gasteiger partial charge in [-0.2, -0.15) is 0 Å². The minimum absolute atomic E-state index is 0.0116. The summed E-state index contributed by atoms with van der Waals surface area (Å²) >= 11 is 0. The maximum Gasteiger partial charge on any atom is 0.155 e. The van der Waals surface area contributed by atoms with E-state index in [1.165, 1.54) is 12.0 Å². The third-order valence-corrected chi connectivity index (χ3v) is 7.13. The minimum Gasteiger partial charge on any atom is -0.330 e. The second kappa shape index (κ2) is 8.90. The normalized spacial score (nSPS) is 29.9. The lowest BCUT2D eigenvalue weighted by Gasteiger charge is -2.37. The first-order chi connectivity index (χ1) is 13.4. The monoisotopic (exact) mass is 383 g/mol. The van der Waals surface area contributed by atoms with E-state index < -0.39 is 5.92 Å². The summed E-state index contributed by atoms with van der Waals surface area (Å²) in [6, 6.07) is 6.35. The average molecular weight is 384 g/mol. The number of carbonyl (C=O) groups is 2. The number of carbonyl (C=O) groups excluding carboxylic acids is 2. The number of aryl methyl sites for hydroxylation is 1. The molecule has 0 heterocycles. The van der Waals surface area contributed by atoms with E-state index in [-0.39, 0.29) is 23.4 Å². The van der Waals surface area contributed by atoms with Gasteiger partial charge in [0.15, 0.2) is 11.6 Å². The van der Waals surface area contributed by atoms with Crippen molar-refractivity contribution in [2.24, 2.45) is 29.4 Å². The van der Waals surface area contributed by atoms with Gasteiger partial charge in [0.25, 0.3) is 0 Å². The molecule has 4 unspecified atom stereocenters. The first-order valence-corrected chi connectivity index (χ1v) is 11.3. The SMILES string of the molecule is CCCc1ccc2c(c1)C(CCN)C(=O)C2C(=O)C1C[C@H](C)CCC1C(C)C. The standard InChI is InChI=1S/C25H37NO2/c1-5-6-17-8-10-19-21(14-17)20(11-12-26)24(27)23(19)25(28)22-13-16(4)7-9-18(22)15(2)3/h8,10,14-16,18,20,22-23H,5-7,9,11-13,26H2,1-4H3/t16-,18?,20?,22?,23?/m1/s1. The third kappa shape index (κ3) is 3.96. The average Bonchev–Trinajstić information content (AvgIpc) is 2.93. The summed E-state index contributed by atoms with van der Waals surface area (Å²) in [6.45, 7) is 9.33. The van der Waals surface area contributed by atoms with Crippen molar-refractivity contribution in [3.8, 4) is 0 Å². The Kier molecular flexibility index (Phi) is 6.75. The molecule has 154 valence electrons. The highest BCUT2D eigenvalue weighted by Gasteiger charge is 2.47. The van der Waals surface area contributed by atoms with Crippen molar-refractivity contribution in [3.05, 3.63) is 34.9 Å². The van der Waals surface area contributed by atoms with Gasteiger partial charge in [-0.1, -0.05) is 58.7 Å². The van der Waals surface area contributed by atoms with Gasteiger partial charge in [-0.3, -0.25) is 9.59 Å². The van der Waals surface area contributed by atoms with Gasteiger partial charge >= 0.3 is 0 Å². The Bertz CT molecular complexity index is 723. The lowest BCUT2D eigenvalue weighted by Crippen LogP contribution is -2.37. The van der Waals surface area contributed by atoms with E-state index in [0.29, 0.717) is 30.7 Å². The second-order valence-corrected chi connectivity index (χ2v) is 9.51. The molecule has 0 bridgehead atoms. The highest BCUT2D eigenvalue weighted by molar-refractivity contribution is 6.14. The number of nitrogens with two attached hydrogens (primary N) is 1. The van der Waals surface area contributed by atoms with E-state index in [0.717, 1.165) is 36.8 Å². The first-order valence-electron chi connectivity index (χ1n) is 11.3. The largest absolute Gasteiger partial charge is 0.330 e. The summed E-state index contributed by atoms with van der Waals surface area (Å²) in [5.74, 6) is 0.948. The maximum absolute atomic E-state index is 13.7. The summed E-state index contributed by atoms with van der Waals surface area (Å²) in [5.41, 5.74) is 9.13. The van der Waals surface area contributed by atoms with E-state index in [1.54, 1.807) is 0 Å². The van der Waals surface area contributed by atoms with Crippen molar-refractivity contribution < 1.29 is 9.59 Å². The number of fused-ring (bicyclic) bond motifs is 1. The molecule has 3 rings (SSSR count). The summed E-state index contributed by atoms with van der Waals surface area (Å²) in [6.07, 6.45) is 5.94. The molecule has 1 saturated carbocycles. The van der Waals surface area contributed by atoms with Crippen LogP contribution >= 0.6 is 0 Å². The van der Waals surface area contributed by atoms with Crippen LogP contribution in [0.4, 0.5) is 0 Å². The van der Waals surface area contributed by atoms with Crippen LogP contribution in [0, 0.1) is 23.7 Å². The molecule has 3 nitrogen and oxygen atoms in total. The lowest BCUT2D eigenvalue weighted by atomic mass is 9.66. The zero-order valence-electron chi connectivity index (χ0n) is 18.0. The van der Waals surface area contributed by atoms with Crippen LogP contribution in [0.5, 0.6) is 0 Å². The van der Waals surface area contributed by atoms with Crippen molar-refractivity contribution in [3.63, 3.8) is 0 Å². The van der Waals surface area contributed by atoms with Crippen molar-refractivity contribution >= 4 is 11.6 Å². The van der Waals surface area contributed by atoms with Gasteiger partial charge in [0.05, 0.1) is 0 Å². The molecule has 1 fully saturated rings. The molecular weight excluding hydrogens is 346 g/mol. The van der Waals surface area contributed by atoms with Crippen molar-refractivity contribution in [2.45, 2.75) is 78.1 Å². The maximum atomic E-state index is 13.7. The number of hydrogen-bond donors (Lipinski definition) is 1. The quantitative estimate of drug-likeness (QED) is 0.673. The van der Waals surface area contributed by atoms with E-state index >= 15 is 0 Å². The smallest absolute Gasteiger partial charge is 0.155 e. The molecule has 0 aliphatic heterocycles. The summed E-state index contributed by atoms with van der Waals surface area (Å²) in [5, 5.41) is 0. The summed E-state index contributed by atoms with van der Waals surface area (Å²) in [4.78, 5) is 27.1. The zero-order valence-corrected chi connectivity index (χ0v) is 18.0. The molecule has 0 aromatic heterocycles. The van der Waals surface area contributed by atoms with Crippen LogP contribution in [-0.4, -0.2) is 18.1 Å². The van der Waals surface area contributed by atoms with E-state index in [2.05, 4.69) is 45.9 Å². The number of rotatable bonds is 7. The Morgan fingerprint density at radius 2 is 1.96 bits per heavy atom. The molecule has 3 heteroatoms. The molecule has 0 amide bonds. The van der Waals surface area contributed by atoms with E-state index in [9.17, 15) is 9.59 Å². The number of Topliss-reactive ketones (excluding diaryl/α,β-unsaturated/α-hetero) is 2. The fraction of sp³-hybridized carbons (Fsp3) is 0.680. The summed E-state index contributed by atoms with van der Waals surface area (Å²) in [7, 11) is 0. The predicted octanol–water partition coefficient (Wildman–Crippen LogP) is 5.02. The molecule has 5 atom stereocenters. The van der Waals surface area contributed by atoms with Gasteiger partial charge in [-0.05, 0) is 66.7 Å². The van der Waals surface area contributed by atoms with Crippen LogP contribution in [0.15, 0.2) is 18.2 Å². The van der Waals surface area contributed by atoms with Crippen LogP contribution in [0.2, 0.25) is 0 Å². The molecule has 1 aromatic carbocycles. The highest BCUT2D eigenvalue weighted by atomic mass is 16.2. The molecule has 0 spiro atoms. The fourth-order valence-electron chi connectivity index (χ4n) is 5.64. The second-order valence-electron chi connectivity index (χ2n) is 9.51. The Balaban J connectivity index is 1.97. The molecular formula is C25H37NO2. The molecule has 2 aliphatic carbocycles. The molecule has 1 aromatic rings. The van der Waals surface area contributed by atoms with Crippen LogP contribution < -0.4 is 5.73 Å². The third-order valence-electron chi connectivity index (χ3n) is 7.13. The number of hydrogen-bond acceptors (Lipinski definition) is 3. The van der Waals surface area contributed by atoms with Crippen LogP contribution in [0.3, 0.4) is 0 Å². The van der Waals surface area contributed by atoms with Gasteiger partial charge in [0, 0.05) is 11.8 Å². The summed E-state index contributed by atoms with van der Waals surface area (Å²) < 4.78 is 0. The van der Waals surface area contributed by atoms with Gasteiger partial charge in [-0.15, -0.1) is 0 Å². The van der Waals surface area contributed by atoms with Crippen LogP contribution in [-0.2, 0) is 16.0 Å². The Labute approximate surface area is 170 Å².